The highest BCUT2D eigenvalue weighted by atomic mass is 79.9. The van der Waals surface area contributed by atoms with Gasteiger partial charge in [0.05, 0.1) is 4.61 Å². The molecule has 0 aliphatic heterocycles. The third-order valence-electron chi connectivity index (χ3n) is 3.62. The van der Waals surface area contributed by atoms with E-state index in [9.17, 15) is 0 Å². The van der Waals surface area contributed by atoms with Crippen LogP contribution in [0.4, 0.5) is 0 Å². The molecule has 0 radical (unpaired) electrons. The molecule has 0 fully saturated rings. The minimum atomic E-state index is 0.631. The molecule has 0 saturated carbocycles. The minimum Gasteiger partial charge on any atom is -0.393 e. The summed E-state index contributed by atoms with van der Waals surface area (Å²) in [5, 5.41) is 3.52. The Morgan fingerprint density at radius 3 is 2.68 bits per heavy atom. The number of nitrogens with zero attached hydrogens (tertiary/aromatic N) is 1. The molecule has 0 amide bonds. The van der Waals surface area contributed by atoms with Gasteiger partial charge in [-0.05, 0) is 80.4 Å². The summed E-state index contributed by atoms with van der Waals surface area (Å²) in [6, 6.07) is 0.631. The topological polar surface area (TPSA) is 41.3 Å². The SMILES string of the molecule is CCNC1=C(/C(C)=C/C=C(\N)Br)CC(N(C)C)CC1. The van der Waals surface area contributed by atoms with Crippen LogP contribution < -0.4 is 11.1 Å². The summed E-state index contributed by atoms with van der Waals surface area (Å²) in [5.41, 5.74) is 9.77. The van der Waals surface area contributed by atoms with Crippen LogP contribution in [0.25, 0.3) is 0 Å². The van der Waals surface area contributed by atoms with Crippen molar-refractivity contribution in [3.8, 4) is 0 Å². The largest absolute Gasteiger partial charge is 0.393 e. The molecule has 3 N–H and O–H groups in total. The first-order chi connectivity index (χ1) is 8.95. The van der Waals surface area contributed by atoms with Crippen molar-refractivity contribution in [2.24, 2.45) is 5.73 Å². The molecule has 1 atom stereocenters. The highest BCUT2D eigenvalue weighted by Gasteiger charge is 2.22. The van der Waals surface area contributed by atoms with E-state index in [4.69, 9.17) is 5.73 Å². The second kappa shape index (κ2) is 7.75. The van der Waals surface area contributed by atoms with Gasteiger partial charge in [-0.25, -0.2) is 0 Å². The number of halogens is 1. The van der Waals surface area contributed by atoms with Crippen LogP contribution >= 0.6 is 15.9 Å². The van der Waals surface area contributed by atoms with E-state index in [0.717, 1.165) is 19.4 Å². The van der Waals surface area contributed by atoms with Crippen LogP contribution in [0.2, 0.25) is 0 Å². The average Bonchev–Trinajstić information content (AvgIpc) is 2.36. The molecule has 108 valence electrons. The van der Waals surface area contributed by atoms with Crippen LogP contribution in [0.1, 0.15) is 33.1 Å². The first-order valence-corrected chi connectivity index (χ1v) is 7.67. The van der Waals surface area contributed by atoms with E-state index in [2.05, 4.69) is 60.2 Å². The summed E-state index contributed by atoms with van der Waals surface area (Å²) >= 11 is 3.26. The van der Waals surface area contributed by atoms with Gasteiger partial charge in [-0.1, -0.05) is 6.08 Å². The predicted octanol–water partition coefficient (Wildman–Crippen LogP) is 3.11. The van der Waals surface area contributed by atoms with Gasteiger partial charge < -0.3 is 16.0 Å². The second-order valence-corrected chi connectivity index (χ2v) is 6.16. The normalized spacial score (nSPS) is 22.1. The summed E-state index contributed by atoms with van der Waals surface area (Å²) in [4.78, 5) is 2.32. The molecule has 1 aliphatic rings. The van der Waals surface area contributed by atoms with Gasteiger partial charge in [-0.2, -0.15) is 0 Å². The molecule has 0 aromatic carbocycles. The third kappa shape index (κ3) is 5.03. The van der Waals surface area contributed by atoms with Crippen molar-refractivity contribution in [1.29, 1.82) is 0 Å². The summed E-state index contributed by atoms with van der Waals surface area (Å²) < 4.78 is 0.664. The number of nitrogens with two attached hydrogens (primary N) is 1. The van der Waals surface area contributed by atoms with E-state index in [-0.39, 0.29) is 0 Å². The quantitative estimate of drug-likeness (QED) is 0.602. The number of hydrogen-bond donors (Lipinski definition) is 2. The maximum absolute atomic E-state index is 5.63. The van der Waals surface area contributed by atoms with Crippen LogP contribution in [-0.4, -0.2) is 31.6 Å². The van der Waals surface area contributed by atoms with E-state index >= 15 is 0 Å². The summed E-state index contributed by atoms with van der Waals surface area (Å²) in [6.07, 6.45) is 7.46. The number of hydrogen-bond acceptors (Lipinski definition) is 3. The molecule has 0 aromatic rings. The molecule has 4 heteroatoms. The van der Waals surface area contributed by atoms with Gasteiger partial charge in [0.2, 0.25) is 0 Å². The highest BCUT2D eigenvalue weighted by Crippen LogP contribution is 2.30. The van der Waals surface area contributed by atoms with Gasteiger partial charge in [-0.3, -0.25) is 0 Å². The fourth-order valence-corrected chi connectivity index (χ4v) is 2.61. The monoisotopic (exact) mass is 327 g/mol. The molecule has 0 spiro atoms. The molecule has 1 aliphatic carbocycles. The van der Waals surface area contributed by atoms with E-state index in [0.29, 0.717) is 10.6 Å². The summed E-state index contributed by atoms with van der Waals surface area (Å²) in [7, 11) is 4.33. The van der Waals surface area contributed by atoms with Crippen LogP contribution in [-0.2, 0) is 0 Å². The zero-order valence-electron chi connectivity index (χ0n) is 12.5. The Morgan fingerprint density at radius 2 is 2.16 bits per heavy atom. The summed E-state index contributed by atoms with van der Waals surface area (Å²) in [5.74, 6) is 0. The fraction of sp³-hybridized carbons (Fsp3) is 0.600. The lowest BCUT2D eigenvalue weighted by molar-refractivity contribution is 0.266. The van der Waals surface area contributed by atoms with Crippen molar-refractivity contribution in [1.82, 2.24) is 10.2 Å². The fourth-order valence-electron chi connectivity index (χ4n) is 2.48. The van der Waals surface area contributed by atoms with E-state index in [1.165, 1.54) is 23.3 Å². The zero-order chi connectivity index (χ0) is 14.4. The van der Waals surface area contributed by atoms with Crippen molar-refractivity contribution in [3.63, 3.8) is 0 Å². The maximum Gasteiger partial charge on any atom is 0.0754 e. The van der Waals surface area contributed by atoms with Gasteiger partial charge >= 0.3 is 0 Å². The Hall–Kier alpha value is -0.740. The number of allylic oxidation sites excluding steroid dienone is 4. The Morgan fingerprint density at radius 1 is 1.47 bits per heavy atom. The Kier molecular flexibility index (Phi) is 6.66. The minimum absolute atomic E-state index is 0.631. The zero-order valence-corrected chi connectivity index (χ0v) is 14.0. The molecule has 0 heterocycles. The predicted molar refractivity (Wildman–Crippen MR) is 87.0 cm³/mol. The lowest BCUT2D eigenvalue weighted by atomic mass is 9.87. The van der Waals surface area contributed by atoms with E-state index in [1.807, 2.05) is 6.08 Å². The van der Waals surface area contributed by atoms with Gasteiger partial charge in [0, 0.05) is 18.3 Å². The molecule has 1 unspecified atom stereocenters. The van der Waals surface area contributed by atoms with Crippen LogP contribution in [0.5, 0.6) is 0 Å². The van der Waals surface area contributed by atoms with Crippen LogP contribution in [0, 0.1) is 0 Å². The highest BCUT2D eigenvalue weighted by molar-refractivity contribution is 9.11. The van der Waals surface area contributed by atoms with E-state index in [1.54, 1.807) is 0 Å². The average molecular weight is 328 g/mol. The van der Waals surface area contributed by atoms with E-state index < -0.39 is 0 Å². The lowest BCUT2D eigenvalue weighted by Gasteiger charge is -2.32. The molecule has 3 nitrogen and oxygen atoms in total. The standard InChI is InChI=1S/C15H26BrN3/c1-5-18-14-8-7-12(19(3)4)10-13(14)11(2)6-9-15(16)17/h6,9,12,18H,5,7-8,10,17H2,1-4H3/b11-6+,15-9-. The smallest absolute Gasteiger partial charge is 0.0754 e. The van der Waals surface area contributed by atoms with Gasteiger partial charge in [0.25, 0.3) is 0 Å². The van der Waals surface area contributed by atoms with Crippen molar-refractivity contribution in [2.75, 3.05) is 20.6 Å². The van der Waals surface area contributed by atoms with Crippen molar-refractivity contribution in [2.45, 2.75) is 39.2 Å². The van der Waals surface area contributed by atoms with Crippen molar-refractivity contribution in [3.05, 3.63) is 33.6 Å². The number of nitrogens with one attached hydrogen (secondary N) is 1. The van der Waals surface area contributed by atoms with Crippen molar-refractivity contribution < 1.29 is 0 Å². The number of rotatable bonds is 5. The molecular formula is C15H26BrN3. The van der Waals surface area contributed by atoms with Gasteiger partial charge in [-0.15, -0.1) is 0 Å². The molecule has 19 heavy (non-hydrogen) atoms. The maximum atomic E-state index is 5.63. The molecular weight excluding hydrogens is 302 g/mol. The van der Waals surface area contributed by atoms with Crippen LogP contribution in [0.15, 0.2) is 33.6 Å². The first-order valence-electron chi connectivity index (χ1n) is 6.88. The first kappa shape index (κ1) is 16.3. The van der Waals surface area contributed by atoms with Crippen LogP contribution in [0.3, 0.4) is 0 Å². The molecule has 0 bridgehead atoms. The summed E-state index contributed by atoms with van der Waals surface area (Å²) in [6.45, 7) is 5.30. The third-order valence-corrected chi connectivity index (χ3v) is 3.88. The lowest BCUT2D eigenvalue weighted by Crippen LogP contribution is -2.33. The molecule has 1 rings (SSSR count). The molecule has 0 aromatic heterocycles. The van der Waals surface area contributed by atoms with Crippen molar-refractivity contribution >= 4 is 15.9 Å². The second-order valence-electron chi connectivity index (χ2n) is 5.25. The Labute approximate surface area is 125 Å². The van der Waals surface area contributed by atoms with Gasteiger partial charge in [0.15, 0.2) is 0 Å². The Bertz CT molecular complexity index is 390. The van der Waals surface area contributed by atoms with Gasteiger partial charge in [0.1, 0.15) is 0 Å². The Balaban J connectivity index is 2.99. The molecule has 0 saturated heterocycles.